The van der Waals surface area contributed by atoms with Crippen molar-refractivity contribution in [2.24, 2.45) is 16.6 Å². The number of hydrogen-bond donors (Lipinski definition) is 1. The second-order valence-electron chi connectivity index (χ2n) is 5.73. The molecule has 0 aromatic heterocycles. The predicted molar refractivity (Wildman–Crippen MR) is 73.1 cm³/mol. The van der Waals surface area contributed by atoms with Gasteiger partial charge in [-0.1, -0.05) is 32.1 Å². The highest BCUT2D eigenvalue weighted by atomic mass is 15.3. The summed E-state index contributed by atoms with van der Waals surface area (Å²) in [7, 11) is 2.07. The lowest BCUT2D eigenvalue weighted by Crippen LogP contribution is -2.35. The molecule has 2 aliphatic rings. The monoisotopic (exact) mass is 237 g/mol. The molecule has 0 atom stereocenters. The van der Waals surface area contributed by atoms with Gasteiger partial charge >= 0.3 is 0 Å². The molecule has 0 aromatic rings. The first-order valence-corrected chi connectivity index (χ1v) is 7.30. The molecule has 2 aliphatic carbocycles. The topological polar surface area (TPSA) is 41.6 Å². The number of guanidine groups is 1. The Morgan fingerprint density at radius 2 is 1.88 bits per heavy atom. The van der Waals surface area contributed by atoms with E-state index in [2.05, 4.69) is 16.9 Å². The molecule has 3 heteroatoms. The maximum Gasteiger partial charge on any atom is 0.191 e. The molecule has 0 unspecified atom stereocenters. The third-order valence-electron chi connectivity index (χ3n) is 4.22. The molecule has 2 fully saturated rings. The number of nitrogens with zero attached hydrogens (tertiary/aromatic N) is 2. The zero-order valence-electron chi connectivity index (χ0n) is 11.2. The summed E-state index contributed by atoms with van der Waals surface area (Å²) in [6.45, 7) is 0.916. The summed E-state index contributed by atoms with van der Waals surface area (Å²) in [6, 6.07) is 0.678. The molecule has 2 saturated carbocycles. The van der Waals surface area contributed by atoms with E-state index < -0.39 is 0 Å². The highest BCUT2D eigenvalue weighted by Crippen LogP contribution is 2.27. The van der Waals surface area contributed by atoms with E-state index in [9.17, 15) is 0 Å². The largest absolute Gasteiger partial charge is 0.370 e. The molecule has 0 aromatic carbocycles. The van der Waals surface area contributed by atoms with E-state index in [0.29, 0.717) is 6.04 Å². The molecule has 17 heavy (non-hydrogen) atoms. The Morgan fingerprint density at radius 1 is 1.18 bits per heavy atom. The summed E-state index contributed by atoms with van der Waals surface area (Å²) < 4.78 is 0. The summed E-state index contributed by atoms with van der Waals surface area (Å²) in [6.07, 6.45) is 12.4. The van der Waals surface area contributed by atoms with Crippen molar-refractivity contribution in [3.63, 3.8) is 0 Å². The zero-order valence-corrected chi connectivity index (χ0v) is 11.2. The molecule has 0 aliphatic heterocycles. The van der Waals surface area contributed by atoms with E-state index in [-0.39, 0.29) is 0 Å². The summed E-state index contributed by atoms with van der Waals surface area (Å²) in [5, 5.41) is 0. The summed E-state index contributed by atoms with van der Waals surface area (Å²) in [5.74, 6) is 1.72. The SMILES string of the molecule is CN(C(N)=NCCCC1CCCCC1)C1CC1. The van der Waals surface area contributed by atoms with E-state index >= 15 is 0 Å². The van der Waals surface area contributed by atoms with Gasteiger partial charge in [0.15, 0.2) is 5.96 Å². The van der Waals surface area contributed by atoms with Crippen LogP contribution in [-0.4, -0.2) is 30.5 Å². The number of rotatable bonds is 5. The number of aliphatic imine (C=N–C) groups is 1. The van der Waals surface area contributed by atoms with Crippen molar-refractivity contribution in [2.45, 2.75) is 63.8 Å². The van der Waals surface area contributed by atoms with Gasteiger partial charge < -0.3 is 10.6 Å². The van der Waals surface area contributed by atoms with Crippen molar-refractivity contribution in [1.82, 2.24) is 4.90 Å². The fourth-order valence-electron chi connectivity index (χ4n) is 2.81. The van der Waals surface area contributed by atoms with E-state index in [4.69, 9.17) is 5.73 Å². The van der Waals surface area contributed by atoms with Crippen molar-refractivity contribution in [1.29, 1.82) is 0 Å². The van der Waals surface area contributed by atoms with Gasteiger partial charge in [0.25, 0.3) is 0 Å². The second-order valence-corrected chi connectivity index (χ2v) is 5.73. The zero-order chi connectivity index (χ0) is 12.1. The third-order valence-corrected chi connectivity index (χ3v) is 4.22. The van der Waals surface area contributed by atoms with Crippen molar-refractivity contribution < 1.29 is 0 Å². The fourth-order valence-corrected chi connectivity index (χ4v) is 2.81. The first-order valence-electron chi connectivity index (χ1n) is 7.30. The van der Waals surface area contributed by atoms with Crippen LogP contribution in [0.15, 0.2) is 4.99 Å². The Balaban J connectivity index is 1.59. The van der Waals surface area contributed by atoms with Gasteiger partial charge in [0.2, 0.25) is 0 Å². The van der Waals surface area contributed by atoms with Crippen LogP contribution in [0.3, 0.4) is 0 Å². The molecule has 2 N–H and O–H groups in total. The van der Waals surface area contributed by atoms with Crippen molar-refractivity contribution in [3.05, 3.63) is 0 Å². The molecule has 0 heterocycles. The lowest BCUT2D eigenvalue weighted by atomic mass is 9.86. The highest BCUT2D eigenvalue weighted by molar-refractivity contribution is 5.78. The third kappa shape index (κ3) is 4.21. The van der Waals surface area contributed by atoms with Crippen LogP contribution >= 0.6 is 0 Å². The average molecular weight is 237 g/mol. The molecule has 0 spiro atoms. The van der Waals surface area contributed by atoms with Crippen LogP contribution in [0.5, 0.6) is 0 Å². The molecular formula is C14H27N3. The second kappa shape index (κ2) is 6.27. The Labute approximate surface area is 105 Å². The molecule has 2 rings (SSSR count). The minimum atomic E-state index is 0.678. The lowest BCUT2D eigenvalue weighted by molar-refractivity contribution is 0.334. The maximum absolute atomic E-state index is 5.95. The fraction of sp³-hybridized carbons (Fsp3) is 0.929. The van der Waals surface area contributed by atoms with Gasteiger partial charge in [-0.05, 0) is 31.6 Å². The van der Waals surface area contributed by atoms with Crippen molar-refractivity contribution in [3.8, 4) is 0 Å². The Bertz CT molecular complexity index is 252. The highest BCUT2D eigenvalue weighted by Gasteiger charge is 2.27. The quantitative estimate of drug-likeness (QED) is 0.454. The van der Waals surface area contributed by atoms with Crippen LogP contribution in [-0.2, 0) is 0 Å². The van der Waals surface area contributed by atoms with E-state index in [0.717, 1.165) is 18.4 Å². The van der Waals surface area contributed by atoms with Crippen molar-refractivity contribution >= 4 is 5.96 Å². The van der Waals surface area contributed by atoms with Gasteiger partial charge in [-0.3, -0.25) is 4.99 Å². The summed E-state index contributed by atoms with van der Waals surface area (Å²) >= 11 is 0. The van der Waals surface area contributed by atoms with Crippen LogP contribution < -0.4 is 5.73 Å². The van der Waals surface area contributed by atoms with E-state index in [1.807, 2.05) is 0 Å². The van der Waals surface area contributed by atoms with Gasteiger partial charge in [0.05, 0.1) is 0 Å². The number of hydrogen-bond acceptors (Lipinski definition) is 1. The first-order chi connectivity index (χ1) is 8.27. The molecule has 98 valence electrons. The van der Waals surface area contributed by atoms with Gasteiger partial charge in [0.1, 0.15) is 0 Å². The van der Waals surface area contributed by atoms with Gasteiger partial charge in [-0.15, -0.1) is 0 Å². The molecule has 0 radical (unpaired) electrons. The molecule has 0 amide bonds. The standard InChI is InChI=1S/C14H27N3/c1-17(13-9-10-13)14(15)16-11-5-8-12-6-3-2-4-7-12/h12-13H,2-11H2,1H3,(H2,15,16). The first kappa shape index (κ1) is 12.7. The van der Waals surface area contributed by atoms with Crippen LogP contribution in [0.4, 0.5) is 0 Å². The van der Waals surface area contributed by atoms with Crippen LogP contribution in [0.2, 0.25) is 0 Å². The van der Waals surface area contributed by atoms with E-state index in [1.165, 1.54) is 57.8 Å². The Hall–Kier alpha value is -0.730. The molecule has 3 nitrogen and oxygen atoms in total. The van der Waals surface area contributed by atoms with Crippen molar-refractivity contribution in [2.75, 3.05) is 13.6 Å². The van der Waals surface area contributed by atoms with Crippen LogP contribution in [0.1, 0.15) is 57.8 Å². The van der Waals surface area contributed by atoms with Gasteiger partial charge in [-0.25, -0.2) is 0 Å². The Morgan fingerprint density at radius 3 is 2.53 bits per heavy atom. The summed E-state index contributed by atoms with van der Waals surface area (Å²) in [5.41, 5.74) is 5.95. The lowest BCUT2D eigenvalue weighted by Gasteiger charge is -2.21. The number of nitrogens with two attached hydrogens (primary N) is 1. The summed E-state index contributed by atoms with van der Waals surface area (Å²) in [4.78, 5) is 6.63. The van der Waals surface area contributed by atoms with E-state index in [1.54, 1.807) is 0 Å². The normalized spacial score (nSPS) is 22.8. The maximum atomic E-state index is 5.95. The smallest absolute Gasteiger partial charge is 0.191 e. The minimum Gasteiger partial charge on any atom is -0.370 e. The van der Waals surface area contributed by atoms with Gasteiger partial charge in [0, 0.05) is 19.6 Å². The van der Waals surface area contributed by atoms with Crippen LogP contribution in [0.25, 0.3) is 0 Å². The van der Waals surface area contributed by atoms with Gasteiger partial charge in [-0.2, -0.15) is 0 Å². The minimum absolute atomic E-state index is 0.678. The predicted octanol–water partition coefficient (Wildman–Crippen LogP) is 2.76. The van der Waals surface area contributed by atoms with Crippen LogP contribution in [0, 0.1) is 5.92 Å². The molecular weight excluding hydrogens is 210 g/mol. The molecule has 0 saturated heterocycles. The molecule has 0 bridgehead atoms. The average Bonchev–Trinajstić information content (AvgIpc) is 3.19. The Kier molecular flexibility index (Phi) is 4.69.